The van der Waals surface area contributed by atoms with Crippen LogP contribution in [0.3, 0.4) is 0 Å². The minimum absolute atomic E-state index is 0.0396. The summed E-state index contributed by atoms with van der Waals surface area (Å²) in [5.74, 6) is -0.254. The molecule has 0 spiro atoms. The molecule has 1 saturated heterocycles. The van der Waals surface area contributed by atoms with E-state index in [2.05, 4.69) is 11.9 Å². The maximum atomic E-state index is 13.4. The van der Waals surface area contributed by atoms with Crippen LogP contribution in [0.5, 0.6) is 11.6 Å². The Morgan fingerprint density at radius 3 is 2.31 bits per heavy atom. The van der Waals surface area contributed by atoms with Crippen LogP contribution in [0.2, 0.25) is 0 Å². The van der Waals surface area contributed by atoms with E-state index in [1.807, 2.05) is 0 Å². The minimum Gasteiger partial charge on any atom is -0.438 e. The molecule has 0 atom stereocenters. The number of unbranched alkanes of at least 4 members (excludes halogenated alkanes) is 9. The summed E-state index contributed by atoms with van der Waals surface area (Å²) >= 11 is 6.68. The molecule has 4 rings (SSSR count). The molecule has 0 N–H and O–H groups in total. The lowest BCUT2D eigenvalue weighted by molar-refractivity contribution is -0.122. The number of thiocarbonyl (C=S) groups is 1. The molecule has 9 heteroatoms. The molecule has 1 fully saturated rings. The Labute approximate surface area is 238 Å². The van der Waals surface area contributed by atoms with Crippen molar-refractivity contribution in [2.24, 2.45) is 0 Å². The van der Waals surface area contributed by atoms with Gasteiger partial charge in [0.2, 0.25) is 5.88 Å². The highest BCUT2D eigenvalue weighted by atomic mass is 32.2. The van der Waals surface area contributed by atoms with E-state index in [0.29, 0.717) is 27.2 Å². The third-order valence-electron chi connectivity index (χ3n) is 6.65. The lowest BCUT2D eigenvalue weighted by Gasteiger charge is -2.14. The number of nitrogens with zero attached hydrogens (tertiary/aromatic N) is 3. The summed E-state index contributed by atoms with van der Waals surface area (Å²) in [6, 6.07) is 10.6. The number of fused-ring (bicyclic) bond motifs is 1. The Morgan fingerprint density at radius 2 is 1.62 bits per heavy atom. The van der Waals surface area contributed by atoms with Gasteiger partial charge in [-0.25, -0.2) is 4.39 Å². The minimum atomic E-state index is -0.403. The number of carbonyl (C=O) groups is 1. The second-order valence-corrected chi connectivity index (χ2v) is 11.3. The van der Waals surface area contributed by atoms with Crippen LogP contribution >= 0.6 is 24.0 Å². The molecule has 3 aromatic rings. The Morgan fingerprint density at radius 1 is 0.949 bits per heavy atom. The zero-order chi connectivity index (χ0) is 27.6. The fraction of sp³-hybridized carbons (Fsp3) is 0.400. The van der Waals surface area contributed by atoms with Crippen molar-refractivity contribution in [3.05, 3.63) is 75.3 Å². The Kier molecular flexibility index (Phi) is 10.7. The zero-order valence-corrected chi connectivity index (χ0v) is 23.9. The first-order valence-electron chi connectivity index (χ1n) is 13.7. The topological polar surface area (TPSA) is 63.9 Å². The van der Waals surface area contributed by atoms with Crippen LogP contribution in [0, 0.1) is 5.82 Å². The summed E-state index contributed by atoms with van der Waals surface area (Å²) in [5.41, 5.74) is 0.144. The van der Waals surface area contributed by atoms with E-state index >= 15 is 0 Å². The second kappa shape index (κ2) is 14.4. The first-order chi connectivity index (χ1) is 19.0. The Bertz CT molecular complexity index is 1390. The summed E-state index contributed by atoms with van der Waals surface area (Å²) in [7, 11) is 0. The average molecular weight is 568 g/mol. The summed E-state index contributed by atoms with van der Waals surface area (Å²) in [6.07, 6.45) is 15.3. The van der Waals surface area contributed by atoms with Crippen molar-refractivity contribution in [1.82, 2.24) is 14.3 Å². The molecular weight excluding hydrogens is 533 g/mol. The lowest BCUT2D eigenvalue weighted by atomic mass is 10.1. The number of benzene rings is 1. The lowest BCUT2D eigenvalue weighted by Crippen LogP contribution is -2.29. The van der Waals surface area contributed by atoms with Crippen molar-refractivity contribution in [3.8, 4) is 11.6 Å². The molecule has 1 aliphatic rings. The first kappa shape index (κ1) is 29.0. The molecule has 1 aromatic carbocycles. The van der Waals surface area contributed by atoms with Crippen LogP contribution in [0.15, 0.2) is 58.4 Å². The molecule has 206 valence electrons. The second-order valence-electron chi connectivity index (χ2n) is 9.64. The highest BCUT2D eigenvalue weighted by Gasteiger charge is 2.32. The SMILES string of the molecule is CCCCCCCCCCCCN1C(=O)/C(=C\c2c(Oc3ccc(F)cc3)nc3ccccn3c2=O)SC1=S. The van der Waals surface area contributed by atoms with Gasteiger partial charge in [0.05, 0.1) is 4.91 Å². The Hall–Kier alpha value is -3.04. The van der Waals surface area contributed by atoms with Gasteiger partial charge in [-0.15, -0.1) is 0 Å². The third kappa shape index (κ3) is 7.76. The molecule has 39 heavy (non-hydrogen) atoms. The normalized spacial score (nSPS) is 14.6. The number of hydrogen-bond acceptors (Lipinski definition) is 6. The zero-order valence-electron chi connectivity index (χ0n) is 22.2. The molecule has 0 aliphatic carbocycles. The number of pyridine rings is 1. The van der Waals surface area contributed by atoms with Gasteiger partial charge in [0.15, 0.2) is 0 Å². The molecular formula is C30H34FN3O3S2. The third-order valence-corrected chi connectivity index (χ3v) is 8.02. The van der Waals surface area contributed by atoms with Crippen LogP contribution in [0.25, 0.3) is 11.7 Å². The highest BCUT2D eigenvalue weighted by molar-refractivity contribution is 8.26. The van der Waals surface area contributed by atoms with E-state index < -0.39 is 5.82 Å². The molecule has 3 heterocycles. The molecule has 0 radical (unpaired) electrons. The number of halogens is 1. The van der Waals surface area contributed by atoms with Crippen LogP contribution in [-0.4, -0.2) is 31.1 Å². The number of ether oxygens (including phenoxy) is 1. The van der Waals surface area contributed by atoms with Crippen LogP contribution in [0.4, 0.5) is 4.39 Å². The van der Waals surface area contributed by atoms with Crippen LogP contribution in [-0.2, 0) is 4.79 Å². The number of aromatic nitrogens is 2. The predicted molar refractivity (Wildman–Crippen MR) is 160 cm³/mol. The summed E-state index contributed by atoms with van der Waals surface area (Å²) in [4.78, 5) is 33.1. The van der Waals surface area contributed by atoms with E-state index in [4.69, 9.17) is 17.0 Å². The predicted octanol–water partition coefficient (Wildman–Crippen LogP) is 7.75. The molecule has 0 saturated carbocycles. The summed E-state index contributed by atoms with van der Waals surface area (Å²) < 4.78 is 21.2. The number of rotatable bonds is 14. The van der Waals surface area contributed by atoms with E-state index in [0.717, 1.165) is 19.3 Å². The van der Waals surface area contributed by atoms with E-state index in [-0.39, 0.29) is 22.9 Å². The van der Waals surface area contributed by atoms with Gasteiger partial charge in [-0.1, -0.05) is 94.8 Å². The highest BCUT2D eigenvalue weighted by Crippen LogP contribution is 2.34. The van der Waals surface area contributed by atoms with Gasteiger partial charge >= 0.3 is 0 Å². The van der Waals surface area contributed by atoms with Gasteiger partial charge in [-0.3, -0.25) is 18.9 Å². The van der Waals surface area contributed by atoms with Crippen LogP contribution in [0.1, 0.15) is 76.7 Å². The van der Waals surface area contributed by atoms with Crippen molar-refractivity contribution >= 4 is 45.9 Å². The average Bonchev–Trinajstić information content (AvgIpc) is 3.20. The smallest absolute Gasteiger partial charge is 0.269 e. The Balaban J connectivity index is 1.43. The largest absolute Gasteiger partial charge is 0.438 e. The molecule has 1 amide bonds. The van der Waals surface area contributed by atoms with Gasteiger partial charge in [0.1, 0.15) is 27.1 Å². The number of thioether (sulfide) groups is 1. The fourth-order valence-electron chi connectivity index (χ4n) is 4.48. The van der Waals surface area contributed by atoms with Crippen molar-refractivity contribution in [2.45, 2.75) is 71.1 Å². The van der Waals surface area contributed by atoms with Crippen molar-refractivity contribution in [3.63, 3.8) is 0 Å². The number of amides is 1. The molecule has 0 unspecified atom stereocenters. The molecule has 1 aliphatic heterocycles. The van der Waals surface area contributed by atoms with Crippen LogP contribution < -0.4 is 10.3 Å². The summed E-state index contributed by atoms with van der Waals surface area (Å²) in [5, 5.41) is 0. The van der Waals surface area contributed by atoms with E-state index in [1.165, 1.54) is 91.4 Å². The van der Waals surface area contributed by atoms with Gasteiger partial charge in [-0.2, -0.15) is 4.98 Å². The van der Waals surface area contributed by atoms with Gasteiger partial charge in [0, 0.05) is 12.7 Å². The fourth-order valence-corrected chi connectivity index (χ4v) is 5.77. The van der Waals surface area contributed by atoms with E-state index in [1.54, 1.807) is 29.3 Å². The molecule has 2 aromatic heterocycles. The van der Waals surface area contributed by atoms with Gasteiger partial charge in [-0.05, 0) is 48.9 Å². The first-order valence-corrected chi connectivity index (χ1v) is 14.9. The van der Waals surface area contributed by atoms with Crippen molar-refractivity contribution < 1.29 is 13.9 Å². The number of hydrogen-bond donors (Lipinski definition) is 0. The summed E-state index contributed by atoms with van der Waals surface area (Å²) in [6.45, 7) is 2.79. The van der Waals surface area contributed by atoms with Gasteiger partial charge in [0.25, 0.3) is 11.5 Å². The molecule has 6 nitrogen and oxygen atoms in total. The van der Waals surface area contributed by atoms with Crippen molar-refractivity contribution in [1.29, 1.82) is 0 Å². The number of carbonyl (C=O) groups excluding carboxylic acids is 1. The van der Waals surface area contributed by atoms with Crippen molar-refractivity contribution in [2.75, 3.05) is 6.54 Å². The maximum absolute atomic E-state index is 13.4. The monoisotopic (exact) mass is 567 g/mol. The van der Waals surface area contributed by atoms with Gasteiger partial charge < -0.3 is 4.74 Å². The quantitative estimate of drug-likeness (QED) is 0.113. The molecule has 0 bridgehead atoms. The standard InChI is InChI=1S/C30H34FN3O3S2/c1-2-3-4-5-6-7-8-9-10-12-20-34-29(36)25(39-30(34)38)21-24-27(37-23-17-15-22(31)16-18-23)32-26-14-11-13-19-33(26)28(24)35/h11,13-19,21H,2-10,12,20H2,1H3/b25-21+. The maximum Gasteiger partial charge on any atom is 0.269 e. The van der Waals surface area contributed by atoms with E-state index in [9.17, 15) is 14.0 Å².